The van der Waals surface area contributed by atoms with E-state index in [0.29, 0.717) is 11.3 Å². The average molecular weight is 219 g/mol. The molecule has 1 aliphatic heterocycles. The van der Waals surface area contributed by atoms with E-state index >= 15 is 0 Å². The Balaban J connectivity index is 0.000000606. The minimum atomic E-state index is -0.270. The molecule has 1 aromatic carbocycles. The van der Waals surface area contributed by atoms with Gasteiger partial charge in [0, 0.05) is 25.9 Å². The van der Waals surface area contributed by atoms with Gasteiger partial charge >= 0.3 is 5.97 Å². The molecule has 0 N–H and O–H groups in total. The number of esters is 1. The van der Waals surface area contributed by atoms with Crippen LogP contribution in [0.3, 0.4) is 0 Å². The largest absolute Gasteiger partial charge is 0.421 e. The van der Waals surface area contributed by atoms with Crippen molar-refractivity contribution < 1.29 is 9.53 Å². The zero-order valence-electron chi connectivity index (χ0n) is 10.2. The van der Waals surface area contributed by atoms with Crippen LogP contribution in [0.5, 0.6) is 0 Å². The lowest BCUT2D eigenvalue weighted by Gasteiger charge is -2.06. The first-order valence-electron chi connectivity index (χ1n) is 5.38. The van der Waals surface area contributed by atoms with Gasteiger partial charge in [-0.15, -0.1) is 0 Å². The molecule has 0 saturated heterocycles. The molecule has 16 heavy (non-hydrogen) atoms. The smallest absolute Gasteiger partial charge is 0.344 e. The second kappa shape index (κ2) is 5.35. The molecule has 1 aliphatic rings. The predicted molar refractivity (Wildman–Crippen MR) is 64.9 cm³/mol. The van der Waals surface area contributed by atoms with E-state index in [0.717, 1.165) is 5.56 Å². The van der Waals surface area contributed by atoms with Crippen LogP contribution in [0.2, 0.25) is 0 Å². The summed E-state index contributed by atoms with van der Waals surface area (Å²) in [6, 6.07) is 7.38. The normalized spacial score (nSPS) is 15.0. The van der Waals surface area contributed by atoms with E-state index in [-0.39, 0.29) is 5.97 Å². The van der Waals surface area contributed by atoms with Gasteiger partial charge in [-0.05, 0) is 6.07 Å². The Morgan fingerprint density at radius 1 is 1.12 bits per heavy atom. The van der Waals surface area contributed by atoms with Crippen LogP contribution >= 0.6 is 0 Å². The first-order valence-corrected chi connectivity index (χ1v) is 5.38. The highest BCUT2D eigenvalue weighted by atomic mass is 16.5. The Kier molecular flexibility index (Phi) is 4.11. The molecule has 3 nitrogen and oxygen atoms in total. The standard InChI is InChI=1S/C11H11NO2.C2H6/c1-12(2)7-10-8-5-3-4-6-9(8)11(13)14-10;1-2/h3-7H,1-2H3;1-2H3/b10-7-;. The monoisotopic (exact) mass is 219 g/mol. The van der Waals surface area contributed by atoms with Crippen LogP contribution in [-0.2, 0) is 4.74 Å². The van der Waals surface area contributed by atoms with Gasteiger partial charge in [-0.2, -0.15) is 0 Å². The highest BCUT2D eigenvalue weighted by Crippen LogP contribution is 2.29. The summed E-state index contributed by atoms with van der Waals surface area (Å²) in [5, 5.41) is 0. The highest BCUT2D eigenvalue weighted by Gasteiger charge is 2.25. The summed E-state index contributed by atoms with van der Waals surface area (Å²) < 4.78 is 5.12. The van der Waals surface area contributed by atoms with E-state index in [9.17, 15) is 4.79 Å². The molecule has 2 rings (SSSR count). The first-order chi connectivity index (χ1) is 7.68. The van der Waals surface area contributed by atoms with Crippen molar-refractivity contribution in [2.75, 3.05) is 14.1 Å². The molecule has 1 heterocycles. The third-order valence-corrected chi connectivity index (χ3v) is 1.99. The summed E-state index contributed by atoms with van der Waals surface area (Å²) >= 11 is 0. The minimum absolute atomic E-state index is 0.270. The van der Waals surface area contributed by atoms with Crippen molar-refractivity contribution in [3.05, 3.63) is 41.6 Å². The number of carbonyl (C=O) groups is 1. The molecule has 0 radical (unpaired) electrons. The molecular weight excluding hydrogens is 202 g/mol. The number of cyclic esters (lactones) is 1. The highest BCUT2D eigenvalue weighted by molar-refractivity contribution is 6.02. The van der Waals surface area contributed by atoms with E-state index in [1.807, 2.05) is 51.0 Å². The van der Waals surface area contributed by atoms with Gasteiger partial charge in [-0.1, -0.05) is 32.0 Å². The number of fused-ring (bicyclic) bond motifs is 1. The maximum atomic E-state index is 11.4. The van der Waals surface area contributed by atoms with Crippen molar-refractivity contribution in [3.63, 3.8) is 0 Å². The van der Waals surface area contributed by atoms with Crippen LogP contribution < -0.4 is 0 Å². The van der Waals surface area contributed by atoms with Gasteiger partial charge in [0.2, 0.25) is 0 Å². The first kappa shape index (κ1) is 12.3. The van der Waals surface area contributed by atoms with Crippen molar-refractivity contribution in [1.29, 1.82) is 0 Å². The molecule has 0 spiro atoms. The number of nitrogens with zero attached hydrogens (tertiary/aromatic N) is 1. The molecule has 3 heteroatoms. The summed E-state index contributed by atoms with van der Waals surface area (Å²) in [5.41, 5.74) is 1.51. The SMILES string of the molecule is CC.CN(C)/C=C1\OC(=O)c2ccccc21. The van der Waals surface area contributed by atoms with E-state index in [1.54, 1.807) is 12.3 Å². The molecule has 0 amide bonds. The maximum Gasteiger partial charge on any atom is 0.344 e. The minimum Gasteiger partial charge on any atom is -0.421 e. The quantitative estimate of drug-likeness (QED) is 0.680. The van der Waals surface area contributed by atoms with E-state index in [4.69, 9.17) is 4.74 Å². The molecule has 0 fully saturated rings. The van der Waals surface area contributed by atoms with E-state index in [1.165, 1.54) is 0 Å². The number of carbonyl (C=O) groups excluding carboxylic acids is 1. The van der Waals surface area contributed by atoms with Gasteiger partial charge in [0.05, 0.1) is 5.56 Å². The molecule has 0 saturated carbocycles. The summed E-state index contributed by atoms with van der Waals surface area (Å²) in [6.07, 6.45) is 1.80. The number of hydrogen-bond acceptors (Lipinski definition) is 3. The van der Waals surface area contributed by atoms with Crippen molar-refractivity contribution in [2.24, 2.45) is 0 Å². The molecule has 0 aromatic heterocycles. The molecular formula is C13H17NO2. The van der Waals surface area contributed by atoms with Crippen molar-refractivity contribution in [3.8, 4) is 0 Å². The van der Waals surface area contributed by atoms with Crippen LogP contribution in [0.4, 0.5) is 0 Å². The number of hydrogen-bond donors (Lipinski definition) is 0. The van der Waals surface area contributed by atoms with Gasteiger partial charge in [-0.25, -0.2) is 4.79 Å². The molecule has 86 valence electrons. The van der Waals surface area contributed by atoms with Gasteiger partial charge in [0.15, 0.2) is 5.76 Å². The Morgan fingerprint density at radius 2 is 1.69 bits per heavy atom. The lowest BCUT2D eigenvalue weighted by Crippen LogP contribution is -2.02. The fourth-order valence-electron chi connectivity index (χ4n) is 1.42. The predicted octanol–water partition coefficient (Wildman–Crippen LogP) is 2.74. The zero-order chi connectivity index (χ0) is 12.1. The van der Waals surface area contributed by atoms with Gasteiger partial charge in [0.25, 0.3) is 0 Å². The lowest BCUT2D eigenvalue weighted by molar-refractivity contribution is 0.0714. The van der Waals surface area contributed by atoms with Crippen LogP contribution in [-0.4, -0.2) is 25.0 Å². The van der Waals surface area contributed by atoms with Gasteiger partial charge < -0.3 is 9.64 Å². The third-order valence-electron chi connectivity index (χ3n) is 1.99. The van der Waals surface area contributed by atoms with E-state index in [2.05, 4.69) is 0 Å². The number of ether oxygens (including phenoxy) is 1. The summed E-state index contributed by atoms with van der Waals surface area (Å²) in [5.74, 6) is 0.351. The van der Waals surface area contributed by atoms with Gasteiger partial charge in [0.1, 0.15) is 0 Å². The second-order valence-corrected chi connectivity index (χ2v) is 3.39. The molecule has 1 aromatic rings. The average Bonchev–Trinajstić information content (AvgIpc) is 2.59. The molecule has 0 unspecified atom stereocenters. The maximum absolute atomic E-state index is 11.4. The summed E-state index contributed by atoms with van der Waals surface area (Å²) in [6.45, 7) is 4.00. The van der Waals surface area contributed by atoms with Crippen LogP contribution in [0.15, 0.2) is 30.5 Å². The Labute approximate surface area is 96.3 Å². The molecule has 0 aliphatic carbocycles. The number of benzene rings is 1. The Bertz CT molecular complexity index is 408. The fraction of sp³-hybridized carbons (Fsp3) is 0.308. The van der Waals surface area contributed by atoms with Crippen LogP contribution in [0.1, 0.15) is 29.8 Å². The van der Waals surface area contributed by atoms with Gasteiger partial charge in [-0.3, -0.25) is 0 Å². The van der Waals surface area contributed by atoms with E-state index < -0.39 is 0 Å². The topological polar surface area (TPSA) is 29.5 Å². The van der Waals surface area contributed by atoms with Crippen molar-refractivity contribution in [2.45, 2.75) is 13.8 Å². The third kappa shape index (κ3) is 2.42. The second-order valence-electron chi connectivity index (χ2n) is 3.39. The number of rotatable bonds is 1. The molecule has 0 atom stereocenters. The van der Waals surface area contributed by atoms with Crippen molar-refractivity contribution >= 4 is 11.7 Å². The zero-order valence-corrected chi connectivity index (χ0v) is 10.2. The Morgan fingerprint density at radius 3 is 2.25 bits per heavy atom. The van der Waals surface area contributed by atoms with Crippen LogP contribution in [0.25, 0.3) is 5.76 Å². The summed E-state index contributed by atoms with van der Waals surface area (Å²) in [7, 11) is 3.78. The molecule has 0 bridgehead atoms. The summed E-state index contributed by atoms with van der Waals surface area (Å²) in [4.78, 5) is 13.2. The lowest BCUT2D eigenvalue weighted by atomic mass is 10.1. The Hall–Kier alpha value is -1.77. The van der Waals surface area contributed by atoms with Crippen molar-refractivity contribution in [1.82, 2.24) is 4.90 Å². The fourth-order valence-corrected chi connectivity index (χ4v) is 1.42. The van der Waals surface area contributed by atoms with Crippen LogP contribution in [0, 0.1) is 0 Å².